The summed E-state index contributed by atoms with van der Waals surface area (Å²) in [6.45, 7) is 1.52. The highest BCUT2D eigenvalue weighted by Crippen LogP contribution is 2.32. The van der Waals surface area contributed by atoms with Crippen LogP contribution in [-0.2, 0) is 11.0 Å². The summed E-state index contributed by atoms with van der Waals surface area (Å²) < 4.78 is 43.9. The van der Waals surface area contributed by atoms with Crippen molar-refractivity contribution >= 4 is 17.6 Å². The van der Waals surface area contributed by atoms with Crippen LogP contribution in [0.2, 0.25) is 0 Å². The lowest BCUT2D eigenvalue weighted by molar-refractivity contribution is -0.137. The number of aromatic nitrogens is 3. The van der Waals surface area contributed by atoms with E-state index in [2.05, 4.69) is 20.3 Å². The Morgan fingerprint density at radius 3 is 2.34 bits per heavy atom. The fraction of sp³-hybridized carbons (Fsp3) is 0.150. The number of nitrogens with zero attached hydrogens (tertiary/aromatic N) is 3. The molecular formula is C20H17F3N6O3. The third-order valence-corrected chi connectivity index (χ3v) is 4.17. The zero-order valence-corrected chi connectivity index (χ0v) is 16.6. The molecular weight excluding hydrogens is 429 g/mol. The first-order valence-corrected chi connectivity index (χ1v) is 9.09. The number of primary amides is 2. The third kappa shape index (κ3) is 5.47. The van der Waals surface area contributed by atoms with Crippen LogP contribution in [0.4, 0.5) is 19.0 Å². The molecule has 3 rings (SSSR count). The Balaban J connectivity index is 1.86. The molecule has 0 radical (unpaired) electrons. The van der Waals surface area contributed by atoms with Gasteiger partial charge in [-0.1, -0.05) is 0 Å². The lowest BCUT2D eigenvalue weighted by atomic mass is 10.2. The van der Waals surface area contributed by atoms with E-state index in [-0.39, 0.29) is 29.0 Å². The molecule has 2 amide bonds. The molecule has 0 aliphatic heterocycles. The Morgan fingerprint density at radius 2 is 1.75 bits per heavy atom. The van der Waals surface area contributed by atoms with Crippen LogP contribution in [0.1, 0.15) is 23.0 Å². The molecule has 0 saturated heterocycles. The van der Waals surface area contributed by atoms with Gasteiger partial charge in [0.05, 0.1) is 5.56 Å². The van der Waals surface area contributed by atoms with Gasteiger partial charge >= 0.3 is 6.18 Å². The molecule has 3 aromatic rings. The van der Waals surface area contributed by atoms with Crippen molar-refractivity contribution in [1.82, 2.24) is 15.0 Å². The summed E-state index contributed by atoms with van der Waals surface area (Å²) in [6.07, 6.45) is -3.53. The fourth-order valence-electron chi connectivity index (χ4n) is 2.50. The first kappa shape index (κ1) is 22.5. The Kier molecular flexibility index (Phi) is 6.23. The lowest BCUT2D eigenvalue weighted by Gasteiger charge is -2.13. The van der Waals surface area contributed by atoms with Crippen LogP contribution in [0.25, 0.3) is 11.4 Å². The fourth-order valence-corrected chi connectivity index (χ4v) is 2.50. The summed E-state index contributed by atoms with van der Waals surface area (Å²) in [5.41, 5.74) is 10.0. The molecule has 1 atom stereocenters. The van der Waals surface area contributed by atoms with E-state index in [0.717, 1.165) is 18.3 Å². The van der Waals surface area contributed by atoms with Gasteiger partial charge in [-0.05, 0) is 37.3 Å². The molecule has 0 unspecified atom stereocenters. The van der Waals surface area contributed by atoms with Gasteiger partial charge in [-0.25, -0.2) is 15.0 Å². The molecule has 32 heavy (non-hydrogen) atoms. The van der Waals surface area contributed by atoms with Crippen LogP contribution in [0.5, 0.6) is 11.6 Å². The molecule has 0 aliphatic carbocycles. The second-order valence-corrected chi connectivity index (χ2v) is 6.60. The minimum Gasteiger partial charge on any atom is -0.439 e. The van der Waals surface area contributed by atoms with Gasteiger partial charge < -0.3 is 21.5 Å². The Hall–Kier alpha value is -4.22. The topological polar surface area (TPSA) is 146 Å². The van der Waals surface area contributed by atoms with E-state index in [0.29, 0.717) is 5.56 Å². The van der Waals surface area contributed by atoms with Gasteiger partial charge in [0, 0.05) is 23.9 Å². The molecule has 1 aromatic carbocycles. The number of rotatable bonds is 7. The van der Waals surface area contributed by atoms with Crippen LogP contribution in [0.15, 0.2) is 48.7 Å². The molecule has 2 heterocycles. The van der Waals surface area contributed by atoms with Crippen LogP contribution in [0, 0.1) is 0 Å². The standard InChI is InChI=1S/C20H17F3N6O3/c1-10(17(24)30)27-15-9-14(18(25)31)28-19(29-15)11-2-4-13(5-3-11)32-16-8-12(6-7-26-16)20(21,22)23/h2-10H,1H3,(H2,24,30)(H2,25,31)(H,27,28,29)/t10-/m0/s1. The van der Waals surface area contributed by atoms with Crippen molar-refractivity contribution in [2.24, 2.45) is 11.5 Å². The number of pyridine rings is 1. The Bertz CT molecular complexity index is 1150. The number of halogens is 3. The average molecular weight is 446 g/mol. The molecule has 0 aliphatic rings. The molecule has 0 fully saturated rings. The van der Waals surface area contributed by atoms with Crippen molar-refractivity contribution in [2.75, 3.05) is 5.32 Å². The predicted octanol–water partition coefficient (Wildman–Crippen LogP) is 2.73. The first-order chi connectivity index (χ1) is 15.0. The molecule has 166 valence electrons. The number of alkyl halides is 3. The zero-order valence-electron chi connectivity index (χ0n) is 16.6. The molecule has 0 spiro atoms. The number of carbonyl (C=O) groups excluding carboxylic acids is 2. The van der Waals surface area contributed by atoms with E-state index in [1.165, 1.54) is 37.3 Å². The maximum absolute atomic E-state index is 12.8. The van der Waals surface area contributed by atoms with Gasteiger partial charge in [0.1, 0.15) is 23.3 Å². The van der Waals surface area contributed by atoms with E-state index in [4.69, 9.17) is 16.2 Å². The highest BCUT2D eigenvalue weighted by atomic mass is 19.4. The number of carbonyl (C=O) groups is 2. The van der Waals surface area contributed by atoms with Gasteiger partial charge in [-0.2, -0.15) is 13.2 Å². The maximum Gasteiger partial charge on any atom is 0.416 e. The highest BCUT2D eigenvalue weighted by Gasteiger charge is 2.31. The van der Waals surface area contributed by atoms with Gasteiger partial charge in [0.2, 0.25) is 11.8 Å². The van der Waals surface area contributed by atoms with Crippen LogP contribution >= 0.6 is 0 Å². The average Bonchev–Trinajstić information content (AvgIpc) is 2.73. The Labute approximate surface area is 179 Å². The summed E-state index contributed by atoms with van der Waals surface area (Å²) in [6, 6.07) is 8.13. The number of amides is 2. The minimum atomic E-state index is -4.52. The first-order valence-electron chi connectivity index (χ1n) is 9.09. The normalized spacial score (nSPS) is 12.1. The van der Waals surface area contributed by atoms with Gasteiger partial charge in [0.25, 0.3) is 5.91 Å². The van der Waals surface area contributed by atoms with E-state index < -0.39 is 29.6 Å². The number of benzene rings is 1. The summed E-state index contributed by atoms with van der Waals surface area (Å²) >= 11 is 0. The van der Waals surface area contributed by atoms with E-state index in [1.807, 2.05) is 0 Å². The summed E-state index contributed by atoms with van der Waals surface area (Å²) in [4.78, 5) is 35.0. The van der Waals surface area contributed by atoms with Crippen LogP contribution in [-0.4, -0.2) is 32.8 Å². The second-order valence-electron chi connectivity index (χ2n) is 6.60. The number of nitrogens with two attached hydrogens (primary N) is 2. The van der Waals surface area contributed by atoms with Crippen LogP contribution in [0.3, 0.4) is 0 Å². The number of hydrogen-bond acceptors (Lipinski definition) is 7. The van der Waals surface area contributed by atoms with E-state index in [9.17, 15) is 22.8 Å². The largest absolute Gasteiger partial charge is 0.439 e. The van der Waals surface area contributed by atoms with E-state index >= 15 is 0 Å². The second kappa shape index (κ2) is 8.88. The third-order valence-electron chi connectivity index (χ3n) is 4.17. The zero-order chi connectivity index (χ0) is 23.5. The summed E-state index contributed by atoms with van der Waals surface area (Å²) in [5, 5.41) is 2.75. The number of hydrogen-bond donors (Lipinski definition) is 3. The SMILES string of the molecule is C[C@H](Nc1cc(C(N)=O)nc(-c2ccc(Oc3cc(C(F)(F)F)ccn3)cc2)n1)C(N)=O. The van der Waals surface area contributed by atoms with Crippen LogP contribution < -0.4 is 21.5 Å². The van der Waals surface area contributed by atoms with Gasteiger partial charge in [0.15, 0.2) is 5.82 Å². The number of ether oxygens (including phenoxy) is 1. The smallest absolute Gasteiger partial charge is 0.416 e. The molecule has 0 bridgehead atoms. The van der Waals surface area contributed by atoms with Gasteiger partial charge in [-0.3, -0.25) is 9.59 Å². The molecule has 12 heteroatoms. The summed E-state index contributed by atoms with van der Waals surface area (Å²) in [5.74, 6) is -1.18. The van der Waals surface area contributed by atoms with Crippen molar-refractivity contribution in [3.05, 3.63) is 59.9 Å². The predicted molar refractivity (Wildman–Crippen MR) is 108 cm³/mol. The number of anilines is 1. The molecule has 5 N–H and O–H groups in total. The van der Waals surface area contributed by atoms with Crippen molar-refractivity contribution in [1.29, 1.82) is 0 Å². The van der Waals surface area contributed by atoms with Crippen molar-refractivity contribution in [2.45, 2.75) is 19.1 Å². The maximum atomic E-state index is 12.8. The van der Waals surface area contributed by atoms with Crippen molar-refractivity contribution < 1.29 is 27.5 Å². The minimum absolute atomic E-state index is 0.0948. The van der Waals surface area contributed by atoms with Crippen molar-refractivity contribution in [3.8, 4) is 23.0 Å². The quantitative estimate of drug-likeness (QED) is 0.506. The van der Waals surface area contributed by atoms with E-state index in [1.54, 1.807) is 0 Å². The molecule has 2 aromatic heterocycles. The molecule has 9 nitrogen and oxygen atoms in total. The van der Waals surface area contributed by atoms with Gasteiger partial charge in [-0.15, -0.1) is 0 Å². The lowest BCUT2D eigenvalue weighted by Crippen LogP contribution is -2.33. The summed E-state index contributed by atoms with van der Waals surface area (Å²) in [7, 11) is 0. The molecule has 0 saturated carbocycles. The number of nitrogens with one attached hydrogen (secondary N) is 1. The van der Waals surface area contributed by atoms with Crippen molar-refractivity contribution in [3.63, 3.8) is 0 Å². The highest BCUT2D eigenvalue weighted by molar-refractivity contribution is 5.92. The Morgan fingerprint density at radius 1 is 1.06 bits per heavy atom. The monoisotopic (exact) mass is 446 g/mol.